The first-order valence-electron chi connectivity index (χ1n) is 9.23. The van der Waals surface area contributed by atoms with E-state index in [1.165, 1.54) is 18.4 Å². The van der Waals surface area contributed by atoms with E-state index < -0.39 is 16.1 Å². The summed E-state index contributed by atoms with van der Waals surface area (Å²) in [6.45, 7) is 0.649. The smallest absolute Gasteiger partial charge is 0.281 e. The molecule has 1 aliphatic heterocycles. The van der Waals surface area contributed by atoms with Crippen LogP contribution in [0.5, 0.6) is 5.75 Å². The second-order valence-electron chi connectivity index (χ2n) is 6.95. The molecule has 10 nitrogen and oxygen atoms in total. The Labute approximate surface area is 170 Å². The second kappa shape index (κ2) is 8.89. The molecule has 1 atom stereocenters. The number of piperidine rings is 1. The molecule has 0 unspecified atom stereocenters. The van der Waals surface area contributed by atoms with Gasteiger partial charge in [-0.15, -0.1) is 0 Å². The molecular weight excluding hydrogens is 398 g/mol. The average molecular weight is 423 g/mol. The predicted octanol–water partition coefficient (Wildman–Crippen LogP) is 0.880. The number of aromatic nitrogens is 2. The van der Waals surface area contributed by atoms with Gasteiger partial charge < -0.3 is 14.6 Å². The molecule has 2 heterocycles. The minimum Gasteiger partial charge on any atom is -0.497 e. The number of hydrogen-bond acceptors (Lipinski definition) is 7. The maximum atomic E-state index is 12.5. The number of nitrogens with one attached hydrogen (secondary N) is 1. The third-order valence-corrected chi connectivity index (χ3v) is 6.66. The summed E-state index contributed by atoms with van der Waals surface area (Å²) in [5.74, 6) is 0.694. The molecule has 0 aliphatic carbocycles. The Morgan fingerprint density at radius 3 is 2.93 bits per heavy atom. The van der Waals surface area contributed by atoms with Gasteiger partial charge in [-0.3, -0.25) is 4.79 Å². The van der Waals surface area contributed by atoms with Gasteiger partial charge in [0.2, 0.25) is 17.6 Å². The van der Waals surface area contributed by atoms with Gasteiger partial charge in [0.05, 0.1) is 19.6 Å². The van der Waals surface area contributed by atoms with Crippen LogP contribution in [0.15, 0.2) is 28.8 Å². The van der Waals surface area contributed by atoms with Crippen molar-refractivity contribution in [2.75, 3.05) is 34.3 Å². The number of methoxy groups -OCH3 is 1. The van der Waals surface area contributed by atoms with Crippen LogP contribution in [0.1, 0.15) is 18.7 Å². The molecule has 1 aliphatic rings. The number of ether oxygens (including phenoxy) is 1. The highest BCUT2D eigenvalue weighted by molar-refractivity contribution is 7.86. The van der Waals surface area contributed by atoms with E-state index in [-0.39, 0.29) is 24.9 Å². The molecule has 0 radical (unpaired) electrons. The van der Waals surface area contributed by atoms with Gasteiger partial charge in [-0.1, -0.05) is 17.3 Å². The molecule has 0 saturated carbocycles. The van der Waals surface area contributed by atoms with Gasteiger partial charge in [-0.2, -0.15) is 22.0 Å². The van der Waals surface area contributed by atoms with Gasteiger partial charge in [-0.25, -0.2) is 0 Å². The second-order valence-corrected chi connectivity index (χ2v) is 9.09. The maximum Gasteiger partial charge on any atom is 0.281 e. The summed E-state index contributed by atoms with van der Waals surface area (Å²) >= 11 is 0. The van der Waals surface area contributed by atoms with E-state index in [9.17, 15) is 13.2 Å². The van der Waals surface area contributed by atoms with Gasteiger partial charge >= 0.3 is 0 Å². The van der Waals surface area contributed by atoms with Gasteiger partial charge in [0.25, 0.3) is 10.2 Å². The number of carbonyl (C=O) groups excluding carboxylic acids is 1. The summed E-state index contributed by atoms with van der Waals surface area (Å²) in [4.78, 5) is 16.8. The third kappa shape index (κ3) is 4.92. The first-order valence-corrected chi connectivity index (χ1v) is 10.6. The fraction of sp³-hybridized carbons (Fsp3) is 0.500. The van der Waals surface area contributed by atoms with Gasteiger partial charge in [0.15, 0.2) is 0 Å². The molecule has 0 bridgehead atoms. The van der Waals surface area contributed by atoms with E-state index in [4.69, 9.17) is 9.26 Å². The molecule has 3 rings (SSSR count). The molecule has 1 aromatic heterocycles. The predicted molar refractivity (Wildman–Crippen MR) is 105 cm³/mol. The van der Waals surface area contributed by atoms with Crippen molar-refractivity contribution < 1.29 is 22.5 Å². The normalized spacial score (nSPS) is 18.0. The van der Waals surface area contributed by atoms with Crippen LogP contribution < -0.4 is 10.1 Å². The number of benzene rings is 1. The monoisotopic (exact) mass is 423 g/mol. The lowest BCUT2D eigenvalue weighted by Crippen LogP contribution is -2.48. The van der Waals surface area contributed by atoms with Crippen molar-refractivity contribution >= 4 is 16.1 Å². The minimum absolute atomic E-state index is 0.0761. The molecule has 1 N–H and O–H groups in total. The molecule has 0 spiro atoms. The van der Waals surface area contributed by atoms with Crippen molar-refractivity contribution in [3.63, 3.8) is 0 Å². The average Bonchev–Trinajstić information content (AvgIpc) is 3.21. The summed E-state index contributed by atoms with van der Waals surface area (Å²) in [5, 5.41) is 6.69. The van der Waals surface area contributed by atoms with E-state index in [0.717, 1.165) is 9.87 Å². The fourth-order valence-corrected chi connectivity index (χ4v) is 4.30. The zero-order valence-electron chi connectivity index (χ0n) is 16.7. The van der Waals surface area contributed by atoms with Gasteiger partial charge in [0.1, 0.15) is 5.75 Å². The summed E-state index contributed by atoms with van der Waals surface area (Å²) in [5.41, 5.74) is 0.738. The molecule has 2 aromatic rings. The van der Waals surface area contributed by atoms with Crippen molar-refractivity contribution in [3.05, 3.63) is 30.2 Å². The highest BCUT2D eigenvalue weighted by Crippen LogP contribution is 2.22. The fourth-order valence-electron chi connectivity index (χ4n) is 3.11. The molecule has 1 fully saturated rings. The number of amides is 1. The minimum atomic E-state index is -3.53. The van der Waals surface area contributed by atoms with Gasteiger partial charge in [0, 0.05) is 32.7 Å². The number of rotatable bonds is 7. The van der Waals surface area contributed by atoms with Crippen LogP contribution in [0, 0.1) is 5.92 Å². The summed E-state index contributed by atoms with van der Waals surface area (Å²) in [7, 11) is 1.01. The molecule has 11 heteroatoms. The summed E-state index contributed by atoms with van der Waals surface area (Å²) < 4.78 is 37.5. The Kier molecular flexibility index (Phi) is 6.50. The Balaban J connectivity index is 1.59. The number of nitrogens with zero attached hydrogens (tertiary/aromatic N) is 4. The highest BCUT2D eigenvalue weighted by atomic mass is 32.2. The van der Waals surface area contributed by atoms with Crippen molar-refractivity contribution in [3.8, 4) is 17.1 Å². The van der Waals surface area contributed by atoms with Crippen LogP contribution in [0.25, 0.3) is 11.4 Å². The first kappa shape index (κ1) is 21.2. The molecule has 29 heavy (non-hydrogen) atoms. The van der Waals surface area contributed by atoms with Crippen LogP contribution in [-0.4, -0.2) is 67.4 Å². The Morgan fingerprint density at radius 2 is 2.21 bits per heavy atom. The highest BCUT2D eigenvalue weighted by Gasteiger charge is 2.33. The largest absolute Gasteiger partial charge is 0.497 e. The lowest BCUT2D eigenvalue weighted by Gasteiger charge is -2.32. The topological polar surface area (TPSA) is 118 Å². The third-order valence-electron chi connectivity index (χ3n) is 4.75. The molecule has 1 amide bonds. The molecule has 158 valence electrons. The molecule has 1 aromatic carbocycles. The van der Waals surface area contributed by atoms with Crippen molar-refractivity contribution in [2.45, 2.75) is 19.4 Å². The van der Waals surface area contributed by atoms with Crippen molar-refractivity contribution in [1.82, 2.24) is 24.1 Å². The first-order chi connectivity index (χ1) is 13.8. The maximum absolute atomic E-state index is 12.5. The van der Waals surface area contributed by atoms with Crippen LogP contribution in [0.2, 0.25) is 0 Å². The Bertz CT molecular complexity index is 959. The van der Waals surface area contributed by atoms with Crippen molar-refractivity contribution in [1.29, 1.82) is 0 Å². The van der Waals surface area contributed by atoms with Crippen LogP contribution in [0.4, 0.5) is 0 Å². The van der Waals surface area contributed by atoms with Gasteiger partial charge in [-0.05, 0) is 25.0 Å². The molecule has 1 saturated heterocycles. The standard InChI is InChI=1S/C18H25N5O5S/c1-22(2)29(25,26)23-9-5-7-14(12-23)18(24)19-11-16-20-17(21-28-16)13-6-4-8-15(10-13)27-3/h4,6,8,10,14H,5,7,9,11-12H2,1-3H3,(H,19,24)/t14-/m1/s1. The lowest BCUT2D eigenvalue weighted by molar-refractivity contribution is -0.126. The number of carbonyl (C=O) groups is 1. The summed E-state index contributed by atoms with van der Waals surface area (Å²) in [6.07, 6.45) is 1.26. The van der Waals surface area contributed by atoms with E-state index in [0.29, 0.717) is 31.0 Å². The summed E-state index contributed by atoms with van der Waals surface area (Å²) in [6, 6.07) is 7.25. The van der Waals surface area contributed by atoms with Crippen molar-refractivity contribution in [2.24, 2.45) is 5.92 Å². The lowest BCUT2D eigenvalue weighted by atomic mass is 9.99. The van der Waals surface area contributed by atoms with Crippen LogP contribution >= 0.6 is 0 Å². The number of hydrogen-bond donors (Lipinski definition) is 1. The van der Waals surface area contributed by atoms with Crippen LogP contribution in [-0.2, 0) is 21.5 Å². The van der Waals surface area contributed by atoms with E-state index >= 15 is 0 Å². The quantitative estimate of drug-likeness (QED) is 0.702. The zero-order chi connectivity index (χ0) is 21.0. The Morgan fingerprint density at radius 1 is 1.41 bits per heavy atom. The van der Waals surface area contributed by atoms with Crippen LogP contribution in [0.3, 0.4) is 0 Å². The Hall–Kier alpha value is -2.50. The van der Waals surface area contributed by atoms with E-state index in [2.05, 4.69) is 15.5 Å². The zero-order valence-corrected chi connectivity index (χ0v) is 17.5. The van der Waals surface area contributed by atoms with E-state index in [1.54, 1.807) is 13.2 Å². The SMILES string of the molecule is COc1cccc(-c2noc(CNC(=O)[C@@H]3CCCN(S(=O)(=O)N(C)C)C3)n2)c1. The molecular formula is C18H25N5O5S. The van der Waals surface area contributed by atoms with E-state index in [1.807, 2.05) is 18.2 Å².